The second kappa shape index (κ2) is 9.58. The summed E-state index contributed by atoms with van der Waals surface area (Å²) >= 11 is 2.13. The van der Waals surface area contributed by atoms with Crippen LogP contribution in [-0.2, 0) is 9.59 Å². The molecule has 1 aromatic heterocycles. The van der Waals surface area contributed by atoms with Crippen LogP contribution < -0.4 is 0 Å². The van der Waals surface area contributed by atoms with Crippen LogP contribution in [0, 0.1) is 6.92 Å². The average molecular weight is 427 g/mol. The standard InChI is InChI=1S/C21H18N2O4S2/c1-13-12-16(28-17(19(24)25)14-8-4-2-5-9-14)23-21(22-13)29-18(20(26)27)15-10-6-3-7-11-15/h2-12,17-18H,1H3,(H,24,25)(H,26,27)/t17-,18+/m1/s1. The van der Waals surface area contributed by atoms with E-state index in [-0.39, 0.29) is 0 Å². The number of nitrogens with zero attached hydrogens (tertiary/aromatic N) is 2. The van der Waals surface area contributed by atoms with Gasteiger partial charge < -0.3 is 10.2 Å². The molecule has 0 aliphatic carbocycles. The van der Waals surface area contributed by atoms with Gasteiger partial charge in [0.05, 0.1) is 0 Å². The number of benzene rings is 2. The van der Waals surface area contributed by atoms with Crippen molar-refractivity contribution in [3.05, 3.63) is 83.6 Å². The van der Waals surface area contributed by atoms with Gasteiger partial charge >= 0.3 is 11.9 Å². The van der Waals surface area contributed by atoms with Gasteiger partial charge in [0, 0.05) is 5.69 Å². The molecule has 0 aliphatic rings. The number of aliphatic carboxylic acids is 2. The number of hydrogen-bond donors (Lipinski definition) is 2. The molecule has 6 nitrogen and oxygen atoms in total. The molecule has 0 aliphatic heterocycles. The minimum absolute atomic E-state index is 0.293. The number of carboxylic acid groups (broad SMARTS) is 2. The van der Waals surface area contributed by atoms with Crippen molar-refractivity contribution in [2.45, 2.75) is 27.6 Å². The van der Waals surface area contributed by atoms with Gasteiger partial charge in [-0.15, -0.1) is 0 Å². The Kier molecular flexibility index (Phi) is 6.90. The molecule has 3 aromatic rings. The Morgan fingerprint density at radius 2 is 1.28 bits per heavy atom. The zero-order chi connectivity index (χ0) is 20.8. The monoisotopic (exact) mass is 426 g/mol. The van der Waals surface area contributed by atoms with Crippen LogP contribution in [0.2, 0.25) is 0 Å². The first-order chi connectivity index (χ1) is 13.9. The first-order valence-electron chi connectivity index (χ1n) is 8.68. The molecule has 29 heavy (non-hydrogen) atoms. The van der Waals surface area contributed by atoms with Crippen LogP contribution in [0.3, 0.4) is 0 Å². The van der Waals surface area contributed by atoms with Crippen molar-refractivity contribution in [3.8, 4) is 0 Å². The van der Waals surface area contributed by atoms with Gasteiger partial charge in [-0.25, -0.2) is 9.97 Å². The molecular weight excluding hydrogens is 408 g/mol. The van der Waals surface area contributed by atoms with Crippen LogP contribution in [0.15, 0.2) is 76.9 Å². The maximum Gasteiger partial charge on any atom is 0.321 e. The van der Waals surface area contributed by atoms with Gasteiger partial charge in [0.15, 0.2) is 5.16 Å². The van der Waals surface area contributed by atoms with Crippen molar-refractivity contribution >= 4 is 35.5 Å². The second-order valence-corrected chi connectivity index (χ2v) is 8.32. The molecule has 0 saturated carbocycles. The second-order valence-electron chi connectivity index (χ2n) is 6.12. The summed E-state index contributed by atoms with van der Waals surface area (Å²) in [6.07, 6.45) is 0. The van der Waals surface area contributed by atoms with E-state index in [9.17, 15) is 19.8 Å². The summed E-state index contributed by atoms with van der Waals surface area (Å²) in [5.74, 6) is -1.97. The summed E-state index contributed by atoms with van der Waals surface area (Å²) in [6, 6.07) is 19.5. The molecule has 3 rings (SSSR count). The number of aryl methyl sites for hydroxylation is 1. The van der Waals surface area contributed by atoms with Gasteiger partial charge in [-0.05, 0) is 24.1 Å². The molecule has 8 heteroatoms. The minimum atomic E-state index is -0.992. The fourth-order valence-electron chi connectivity index (χ4n) is 2.63. The number of hydrogen-bond acceptors (Lipinski definition) is 6. The Labute approximate surface area is 176 Å². The van der Waals surface area contributed by atoms with E-state index in [0.717, 1.165) is 23.5 Å². The molecule has 2 N–H and O–H groups in total. The van der Waals surface area contributed by atoms with Crippen LogP contribution in [0.5, 0.6) is 0 Å². The van der Waals surface area contributed by atoms with Crippen molar-refractivity contribution < 1.29 is 19.8 Å². The first kappa shape index (κ1) is 20.9. The van der Waals surface area contributed by atoms with Crippen LogP contribution >= 0.6 is 23.5 Å². The zero-order valence-corrected chi connectivity index (χ0v) is 17.1. The lowest BCUT2D eigenvalue weighted by molar-refractivity contribution is -0.137. The smallest absolute Gasteiger partial charge is 0.321 e. The molecule has 2 aromatic carbocycles. The van der Waals surface area contributed by atoms with Gasteiger partial charge in [-0.3, -0.25) is 9.59 Å². The third-order valence-electron chi connectivity index (χ3n) is 3.93. The summed E-state index contributed by atoms with van der Waals surface area (Å²) in [6.45, 7) is 1.77. The predicted molar refractivity (Wildman–Crippen MR) is 112 cm³/mol. The van der Waals surface area contributed by atoms with Crippen LogP contribution in [0.25, 0.3) is 0 Å². The van der Waals surface area contributed by atoms with E-state index in [4.69, 9.17) is 0 Å². The molecule has 0 amide bonds. The zero-order valence-electron chi connectivity index (χ0n) is 15.4. The highest BCUT2D eigenvalue weighted by atomic mass is 32.2. The quantitative estimate of drug-likeness (QED) is 0.306. The lowest BCUT2D eigenvalue weighted by Gasteiger charge is -2.14. The average Bonchev–Trinajstić information content (AvgIpc) is 2.71. The Morgan fingerprint density at radius 3 is 1.76 bits per heavy atom. The van der Waals surface area contributed by atoms with E-state index >= 15 is 0 Å². The van der Waals surface area contributed by atoms with Crippen molar-refractivity contribution in [2.75, 3.05) is 0 Å². The van der Waals surface area contributed by atoms with Crippen molar-refractivity contribution in [3.63, 3.8) is 0 Å². The first-order valence-corrected chi connectivity index (χ1v) is 10.4. The number of aromatic nitrogens is 2. The van der Waals surface area contributed by atoms with E-state index in [2.05, 4.69) is 9.97 Å². The van der Waals surface area contributed by atoms with Crippen molar-refractivity contribution in [1.29, 1.82) is 0 Å². The molecule has 0 unspecified atom stereocenters. The largest absolute Gasteiger partial charge is 0.480 e. The van der Waals surface area contributed by atoms with Gasteiger partial charge in [-0.1, -0.05) is 84.2 Å². The van der Waals surface area contributed by atoms with E-state index in [1.807, 2.05) is 12.1 Å². The highest BCUT2D eigenvalue weighted by Gasteiger charge is 2.25. The Bertz CT molecular complexity index is 922. The maximum absolute atomic E-state index is 11.8. The van der Waals surface area contributed by atoms with E-state index < -0.39 is 22.4 Å². The Hall–Kier alpha value is -2.84. The summed E-state index contributed by atoms with van der Waals surface area (Å²) in [5, 5.41) is 18.4. The van der Waals surface area contributed by atoms with E-state index in [1.165, 1.54) is 0 Å². The molecule has 0 bridgehead atoms. The van der Waals surface area contributed by atoms with E-state index in [0.29, 0.717) is 27.0 Å². The highest BCUT2D eigenvalue weighted by molar-refractivity contribution is 8.00. The molecule has 0 spiro atoms. The molecule has 2 atom stereocenters. The Balaban J connectivity index is 1.87. The predicted octanol–water partition coefficient (Wildman–Crippen LogP) is 4.62. The summed E-state index contributed by atoms with van der Waals surface area (Å²) < 4.78 is 0. The van der Waals surface area contributed by atoms with Gasteiger partial charge in [0.25, 0.3) is 0 Å². The molecular formula is C21H18N2O4S2. The van der Waals surface area contributed by atoms with Gasteiger partial charge in [-0.2, -0.15) is 0 Å². The lowest BCUT2D eigenvalue weighted by Crippen LogP contribution is -2.10. The van der Waals surface area contributed by atoms with Crippen molar-refractivity contribution in [2.24, 2.45) is 0 Å². The molecule has 148 valence electrons. The van der Waals surface area contributed by atoms with Gasteiger partial charge in [0.1, 0.15) is 15.5 Å². The van der Waals surface area contributed by atoms with Gasteiger partial charge in [0.2, 0.25) is 0 Å². The molecule has 0 radical (unpaired) electrons. The minimum Gasteiger partial charge on any atom is -0.480 e. The fraction of sp³-hybridized carbons (Fsp3) is 0.143. The molecule has 0 fully saturated rings. The summed E-state index contributed by atoms with van der Waals surface area (Å²) in [7, 11) is 0. The number of carbonyl (C=O) groups is 2. The third kappa shape index (κ3) is 5.58. The van der Waals surface area contributed by atoms with Crippen LogP contribution in [0.4, 0.5) is 0 Å². The molecule has 1 heterocycles. The SMILES string of the molecule is Cc1cc(S[C@@H](C(=O)O)c2ccccc2)nc(S[C@H](C(=O)O)c2ccccc2)n1. The third-order valence-corrected chi connectivity index (χ3v) is 6.19. The topological polar surface area (TPSA) is 100 Å². The molecule has 0 saturated heterocycles. The van der Waals surface area contributed by atoms with Crippen molar-refractivity contribution in [1.82, 2.24) is 9.97 Å². The summed E-state index contributed by atoms with van der Waals surface area (Å²) in [5.41, 5.74) is 1.93. The Morgan fingerprint density at radius 1 is 0.793 bits per heavy atom. The number of rotatable bonds is 8. The van der Waals surface area contributed by atoms with Crippen LogP contribution in [-0.4, -0.2) is 32.1 Å². The normalized spacial score (nSPS) is 12.9. The highest BCUT2D eigenvalue weighted by Crippen LogP contribution is 2.38. The summed E-state index contributed by atoms with van der Waals surface area (Å²) in [4.78, 5) is 32.3. The fourth-order valence-corrected chi connectivity index (χ4v) is 4.65. The van der Waals surface area contributed by atoms with E-state index in [1.54, 1.807) is 61.5 Å². The maximum atomic E-state index is 11.8. The number of carboxylic acids is 2. The van der Waals surface area contributed by atoms with Crippen LogP contribution in [0.1, 0.15) is 27.3 Å². The lowest BCUT2D eigenvalue weighted by atomic mass is 10.1. The number of thioether (sulfide) groups is 2.